The van der Waals surface area contributed by atoms with E-state index < -0.39 is 11.8 Å². The van der Waals surface area contributed by atoms with Gasteiger partial charge in [-0.2, -0.15) is 0 Å². The van der Waals surface area contributed by atoms with Crippen molar-refractivity contribution in [2.45, 2.75) is 0 Å². The van der Waals surface area contributed by atoms with Crippen molar-refractivity contribution < 1.29 is 13.9 Å². The van der Waals surface area contributed by atoms with E-state index in [0.29, 0.717) is 0 Å². The highest BCUT2D eigenvalue weighted by Crippen LogP contribution is 2.08. The lowest BCUT2D eigenvalue weighted by Crippen LogP contribution is -2.03. The first-order chi connectivity index (χ1) is 5.74. The third-order valence-electron chi connectivity index (χ3n) is 1.30. The fourth-order valence-corrected chi connectivity index (χ4v) is 0.724. The van der Waals surface area contributed by atoms with Crippen molar-refractivity contribution in [3.8, 4) is 0 Å². The van der Waals surface area contributed by atoms with E-state index in [1.165, 1.54) is 25.3 Å². The molecule has 12 heavy (non-hydrogen) atoms. The molecule has 0 bridgehead atoms. The van der Waals surface area contributed by atoms with E-state index >= 15 is 0 Å². The van der Waals surface area contributed by atoms with Gasteiger partial charge in [0.05, 0.1) is 7.11 Å². The SMILES string of the molecule is COC(=O)[C]c1ccccc1F. The minimum atomic E-state index is -0.680. The van der Waals surface area contributed by atoms with Gasteiger partial charge in [-0.05, 0) is 6.07 Å². The molecule has 2 nitrogen and oxygen atoms in total. The summed E-state index contributed by atoms with van der Waals surface area (Å²) in [7, 11) is 1.22. The van der Waals surface area contributed by atoms with Gasteiger partial charge in [0.2, 0.25) is 0 Å². The molecular formula is C9H7FO2. The molecule has 1 rings (SSSR count). The standard InChI is InChI=1S/C9H7FO2/c1-12-9(11)6-7-4-2-3-5-8(7)10/h2-5H,1H3. The van der Waals surface area contributed by atoms with Gasteiger partial charge in [0.25, 0.3) is 0 Å². The van der Waals surface area contributed by atoms with Gasteiger partial charge >= 0.3 is 5.97 Å². The minimum absolute atomic E-state index is 0.115. The monoisotopic (exact) mass is 166 g/mol. The van der Waals surface area contributed by atoms with E-state index in [4.69, 9.17) is 0 Å². The van der Waals surface area contributed by atoms with E-state index in [-0.39, 0.29) is 5.56 Å². The number of methoxy groups -OCH3 is 1. The molecule has 0 aliphatic rings. The summed E-state index contributed by atoms with van der Waals surface area (Å²) in [6.45, 7) is 0. The Hall–Kier alpha value is -1.38. The summed E-state index contributed by atoms with van der Waals surface area (Å²) in [5.74, 6) is -1.16. The van der Waals surface area contributed by atoms with Crippen LogP contribution in [0.2, 0.25) is 0 Å². The molecule has 2 radical (unpaired) electrons. The summed E-state index contributed by atoms with van der Waals surface area (Å²) in [6, 6.07) is 5.86. The number of hydrogen-bond donors (Lipinski definition) is 0. The Morgan fingerprint density at radius 3 is 2.75 bits per heavy atom. The third-order valence-corrected chi connectivity index (χ3v) is 1.30. The van der Waals surface area contributed by atoms with Crippen molar-refractivity contribution >= 4 is 5.97 Å². The molecule has 0 amide bonds. The zero-order chi connectivity index (χ0) is 8.97. The first-order valence-corrected chi connectivity index (χ1v) is 3.33. The smallest absolute Gasteiger partial charge is 0.319 e. The molecule has 0 saturated carbocycles. The Kier molecular flexibility index (Phi) is 2.80. The molecule has 1 aromatic carbocycles. The van der Waals surface area contributed by atoms with Gasteiger partial charge in [-0.15, -0.1) is 0 Å². The van der Waals surface area contributed by atoms with Crippen molar-refractivity contribution in [1.82, 2.24) is 0 Å². The summed E-state index contributed by atoms with van der Waals surface area (Å²) >= 11 is 0. The van der Waals surface area contributed by atoms with Crippen LogP contribution in [0.25, 0.3) is 0 Å². The number of carbonyl (C=O) groups is 1. The van der Waals surface area contributed by atoms with Crippen molar-refractivity contribution in [1.29, 1.82) is 0 Å². The van der Waals surface area contributed by atoms with Crippen LogP contribution >= 0.6 is 0 Å². The predicted molar refractivity (Wildman–Crippen MR) is 40.8 cm³/mol. The lowest BCUT2D eigenvalue weighted by molar-refractivity contribution is -0.136. The second-order valence-electron chi connectivity index (χ2n) is 2.10. The van der Waals surface area contributed by atoms with Crippen LogP contribution in [-0.2, 0) is 9.53 Å². The second-order valence-corrected chi connectivity index (χ2v) is 2.10. The molecule has 0 aromatic heterocycles. The average Bonchev–Trinajstić information content (AvgIpc) is 2.09. The fourth-order valence-electron chi connectivity index (χ4n) is 0.724. The molecule has 0 N–H and O–H groups in total. The van der Waals surface area contributed by atoms with E-state index in [1.54, 1.807) is 6.07 Å². The number of esters is 1. The van der Waals surface area contributed by atoms with Crippen molar-refractivity contribution in [3.63, 3.8) is 0 Å². The van der Waals surface area contributed by atoms with Crippen molar-refractivity contribution in [2.24, 2.45) is 0 Å². The maximum atomic E-state index is 12.8. The van der Waals surface area contributed by atoms with Gasteiger partial charge in [0.15, 0.2) is 0 Å². The van der Waals surface area contributed by atoms with E-state index in [2.05, 4.69) is 11.2 Å². The lowest BCUT2D eigenvalue weighted by atomic mass is 10.1. The number of hydrogen-bond acceptors (Lipinski definition) is 2. The van der Waals surface area contributed by atoms with Crippen LogP contribution in [0.3, 0.4) is 0 Å². The van der Waals surface area contributed by atoms with Crippen molar-refractivity contribution in [3.05, 3.63) is 42.1 Å². The van der Waals surface area contributed by atoms with Gasteiger partial charge in [-0.1, -0.05) is 18.2 Å². The summed E-state index contributed by atoms with van der Waals surface area (Å²) in [5.41, 5.74) is 0.115. The summed E-state index contributed by atoms with van der Waals surface area (Å²) in [6.07, 6.45) is 2.22. The molecule has 0 atom stereocenters. The molecule has 0 fully saturated rings. The molecule has 0 aliphatic carbocycles. The minimum Gasteiger partial charge on any atom is -0.468 e. The molecular weight excluding hydrogens is 159 g/mol. The molecule has 0 saturated heterocycles. The Balaban J connectivity index is 2.75. The number of benzene rings is 1. The van der Waals surface area contributed by atoms with E-state index in [1.807, 2.05) is 0 Å². The normalized spacial score (nSPS) is 9.50. The second kappa shape index (κ2) is 3.85. The topological polar surface area (TPSA) is 26.3 Å². The molecule has 62 valence electrons. The molecule has 0 heterocycles. The number of ether oxygens (including phenoxy) is 1. The maximum absolute atomic E-state index is 12.8. The predicted octanol–water partition coefficient (Wildman–Crippen LogP) is 1.43. The molecule has 0 spiro atoms. The van der Waals surface area contributed by atoms with Crippen LogP contribution in [0.4, 0.5) is 4.39 Å². The molecule has 0 aliphatic heterocycles. The van der Waals surface area contributed by atoms with Gasteiger partial charge in [-0.3, -0.25) is 4.79 Å². The van der Waals surface area contributed by atoms with Crippen LogP contribution in [-0.4, -0.2) is 13.1 Å². The zero-order valence-electron chi connectivity index (χ0n) is 6.50. The first-order valence-electron chi connectivity index (χ1n) is 3.33. The van der Waals surface area contributed by atoms with Crippen LogP contribution in [0.5, 0.6) is 0 Å². The van der Waals surface area contributed by atoms with Crippen molar-refractivity contribution in [2.75, 3.05) is 7.11 Å². The summed E-state index contributed by atoms with van der Waals surface area (Å²) in [4.78, 5) is 10.6. The van der Waals surface area contributed by atoms with Crippen LogP contribution < -0.4 is 0 Å². The Bertz CT molecular complexity index is 284. The average molecular weight is 166 g/mol. The maximum Gasteiger partial charge on any atom is 0.319 e. The number of carbonyl (C=O) groups excluding carboxylic acids is 1. The van der Waals surface area contributed by atoms with Gasteiger partial charge in [-0.25, -0.2) is 4.39 Å². The van der Waals surface area contributed by atoms with Gasteiger partial charge in [0, 0.05) is 5.56 Å². The Morgan fingerprint density at radius 1 is 1.50 bits per heavy atom. The molecule has 0 unspecified atom stereocenters. The number of rotatable bonds is 2. The Morgan fingerprint density at radius 2 is 2.17 bits per heavy atom. The fraction of sp³-hybridized carbons (Fsp3) is 0.111. The highest BCUT2D eigenvalue weighted by molar-refractivity contribution is 5.83. The third kappa shape index (κ3) is 2.05. The summed E-state index contributed by atoms with van der Waals surface area (Å²) in [5, 5.41) is 0. The summed E-state index contributed by atoms with van der Waals surface area (Å²) < 4.78 is 17.1. The van der Waals surface area contributed by atoms with Gasteiger partial charge in [0.1, 0.15) is 12.2 Å². The van der Waals surface area contributed by atoms with Crippen LogP contribution in [0.15, 0.2) is 24.3 Å². The van der Waals surface area contributed by atoms with E-state index in [9.17, 15) is 9.18 Å². The highest BCUT2D eigenvalue weighted by atomic mass is 19.1. The number of halogens is 1. The quantitative estimate of drug-likeness (QED) is 0.621. The highest BCUT2D eigenvalue weighted by Gasteiger charge is 2.07. The van der Waals surface area contributed by atoms with Gasteiger partial charge < -0.3 is 4.74 Å². The Labute approximate surface area is 70.0 Å². The van der Waals surface area contributed by atoms with E-state index in [0.717, 1.165) is 0 Å². The zero-order valence-corrected chi connectivity index (χ0v) is 6.50. The first kappa shape index (κ1) is 8.71. The van der Waals surface area contributed by atoms with Crippen LogP contribution in [0, 0.1) is 12.2 Å². The lowest BCUT2D eigenvalue weighted by Gasteiger charge is -1.98. The van der Waals surface area contributed by atoms with Crippen LogP contribution in [0.1, 0.15) is 5.56 Å². The molecule has 1 aromatic rings. The molecule has 3 heteroatoms. The largest absolute Gasteiger partial charge is 0.468 e.